The number of carbonyl (C=O) groups is 1. The molecule has 0 bridgehead atoms. The maximum Gasteiger partial charge on any atom is 0.349 e. The molecule has 110 valence electrons. The number of hydrogen-bond acceptors (Lipinski definition) is 3. The van der Waals surface area contributed by atoms with Crippen LogP contribution < -0.4 is 9.47 Å². The van der Waals surface area contributed by atoms with Crippen molar-refractivity contribution in [2.45, 2.75) is 6.92 Å². The van der Waals surface area contributed by atoms with Crippen molar-refractivity contribution in [1.29, 1.82) is 0 Å². The Morgan fingerprint density at radius 2 is 1.55 bits per heavy atom. The Kier molecular flexibility index (Phi) is 4.05. The highest BCUT2D eigenvalue weighted by atomic mass is 16.6. The Bertz CT molecular complexity index is 791. The minimum absolute atomic E-state index is 0.115. The largest absolute Gasteiger partial charge is 0.482 e. The van der Waals surface area contributed by atoms with Crippen molar-refractivity contribution in [3.63, 3.8) is 0 Å². The fraction of sp³-hybridized carbons (Fsp3) is 0.105. The van der Waals surface area contributed by atoms with Crippen LogP contribution in [0.15, 0.2) is 66.7 Å². The Balaban J connectivity index is 1.61. The van der Waals surface area contributed by atoms with E-state index in [2.05, 4.69) is 0 Å². The molecule has 3 nitrogen and oxygen atoms in total. The van der Waals surface area contributed by atoms with Crippen molar-refractivity contribution < 1.29 is 14.3 Å². The van der Waals surface area contributed by atoms with Gasteiger partial charge >= 0.3 is 5.97 Å². The quantitative estimate of drug-likeness (QED) is 0.535. The predicted molar refractivity (Wildman–Crippen MR) is 86.3 cm³/mol. The molecule has 0 atom stereocenters. The first-order valence-electron chi connectivity index (χ1n) is 7.10. The standard InChI is InChI=1S/C19H16O3/c1-14-6-9-17(10-7-14)21-13-19(20)22-18-11-8-15-4-2-3-5-16(15)12-18/h2-12H,13H2,1H3. The van der Waals surface area contributed by atoms with Gasteiger partial charge in [-0.2, -0.15) is 0 Å². The summed E-state index contributed by atoms with van der Waals surface area (Å²) in [5, 5.41) is 2.14. The van der Waals surface area contributed by atoms with Gasteiger partial charge < -0.3 is 9.47 Å². The van der Waals surface area contributed by atoms with Crippen molar-refractivity contribution in [3.05, 3.63) is 72.3 Å². The monoisotopic (exact) mass is 292 g/mol. The van der Waals surface area contributed by atoms with Gasteiger partial charge in [-0.15, -0.1) is 0 Å². The molecule has 0 aromatic heterocycles. The first kappa shape index (κ1) is 14.1. The van der Waals surface area contributed by atoms with Gasteiger partial charge in [0.2, 0.25) is 0 Å². The second-order valence-corrected chi connectivity index (χ2v) is 5.08. The number of carbonyl (C=O) groups excluding carboxylic acids is 1. The molecule has 0 spiro atoms. The Morgan fingerprint density at radius 3 is 2.32 bits per heavy atom. The van der Waals surface area contributed by atoms with Crippen molar-refractivity contribution in [1.82, 2.24) is 0 Å². The molecular formula is C19H16O3. The number of esters is 1. The summed E-state index contributed by atoms with van der Waals surface area (Å²) in [5.74, 6) is 0.758. The molecule has 0 aliphatic rings. The summed E-state index contributed by atoms with van der Waals surface area (Å²) in [5.41, 5.74) is 1.14. The summed E-state index contributed by atoms with van der Waals surface area (Å²) in [6.45, 7) is 1.88. The zero-order valence-corrected chi connectivity index (χ0v) is 12.3. The van der Waals surface area contributed by atoms with E-state index in [0.29, 0.717) is 11.5 Å². The summed E-state index contributed by atoms with van der Waals surface area (Å²) in [6.07, 6.45) is 0. The van der Waals surface area contributed by atoms with Crippen LogP contribution in [0.1, 0.15) is 5.56 Å². The van der Waals surface area contributed by atoms with Gasteiger partial charge in [-0.3, -0.25) is 0 Å². The van der Waals surface area contributed by atoms with E-state index in [1.165, 1.54) is 0 Å². The van der Waals surface area contributed by atoms with E-state index in [-0.39, 0.29) is 6.61 Å². The molecule has 0 saturated carbocycles. The van der Waals surface area contributed by atoms with E-state index < -0.39 is 5.97 Å². The van der Waals surface area contributed by atoms with Gasteiger partial charge in [0.05, 0.1) is 0 Å². The molecule has 0 radical (unpaired) electrons. The number of hydrogen-bond donors (Lipinski definition) is 0. The van der Waals surface area contributed by atoms with Gasteiger partial charge in [0.15, 0.2) is 6.61 Å². The van der Waals surface area contributed by atoms with Gasteiger partial charge in [-0.25, -0.2) is 4.79 Å². The summed E-state index contributed by atoms with van der Waals surface area (Å²) in [7, 11) is 0. The van der Waals surface area contributed by atoms with Crippen LogP contribution in [-0.2, 0) is 4.79 Å². The molecule has 22 heavy (non-hydrogen) atoms. The third kappa shape index (κ3) is 3.44. The van der Waals surface area contributed by atoms with Crippen LogP contribution in [0.4, 0.5) is 0 Å². The van der Waals surface area contributed by atoms with Gasteiger partial charge in [0.25, 0.3) is 0 Å². The lowest BCUT2D eigenvalue weighted by atomic mass is 10.1. The Morgan fingerprint density at radius 1 is 0.864 bits per heavy atom. The van der Waals surface area contributed by atoms with Gasteiger partial charge in [0.1, 0.15) is 11.5 Å². The zero-order chi connectivity index (χ0) is 15.4. The Hall–Kier alpha value is -2.81. The van der Waals surface area contributed by atoms with Crippen LogP contribution in [0.3, 0.4) is 0 Å². The van der Waals surface area contributed by atoms with Crippen LogP contribution in [0.25, 0.3) is 10.8 Å². The van der Waals surface area contributed by atoms with Gasteiger partial charge in [0, 0.05) is 0 Å². The molecule has 0 saturated heterocycles. The smallest absolute Gasteiger partial charge is 0.349 e. The predicted octanol–water partition coefficient (Wildman–Crippen LogP) is 4.13. The van der Waals surface area contributed by atoms with Gasteiger partial charge in [-0.1, -0.05) is 48.0 Å². The average Bonchev–Trinajstić information content (AvgIpc) is 2.54. The molecular weight excluding hydrogens is 276 g/mol. The highest BCUT2D eigenvalue weighted by Crippen LogP contribution is 2.20. The lowest BCUT2D eigenvalue weighted by Crippen LogP contribution is -2.17. The van der Waals surface area contributed by atoms with E-state index in [9.17, 15) is 4.79 Å². The molecule has 3 heteroatoms. The van der Waals surface area contributed by atoms with Crippen LogP contribution >= 0.6 is 0 Å². The summed E-state index contributed by atoms with van der Waals surface area (Å²) < 4.78 is 10.7. The second kappa shape index (κ2) is 6.31. The van der Waals surface area contributed by atoms with Crippen molar-refractivity contribution in [3.8, 4) is 11.5 Å². The minimum Gasteiger partial charge on any atom is -0.482 e. The van der Waals surface area contributed by atoms with Gasteiger partial charge in [-0.05, 0) is 42.0 Å². The molecule has 0 unspecified atom stereocenters. The number of rotatable bonds is 4. The SMILES string of the molecule is Cc1ccc(OCC(=O)Oc2ccc3ccccc3c2)cc1. The molecule has 3 rings (SSSR count). The van der Waals surface area contributed by atoms with Crippen LogP contribution in [0.5, 0.6) is 11.5 Å². The van der Waals surface area contributed by atoms with Crippen molar-refractivity contribution >= 4 is 16.7 Å². The zero-order valence-electron chi connectivity index (χ0n) is 12.3. The Labute approximate surface area is 129 Å². The summed E-state index contributed by atoms with van der Waals surface area (Å²) in [6, 6.07) is 21.0. The molecule has 0 aliphatic carbocycles. The van der Waals surface area contributed by atoms with Crippen LogP contribution in [-0.4, -0.2) is 12.6 Å². The van der Waals surface area contributed by atoms with E-state index >= 15 is 0 Å². The van der Waals surface area contributed by atoms with E-state index in [0.717, 1.165) is 16.3 Å². The molecule has 0 heterocycles. The van der Waals surface area contributed by atoms with E-state index in [4.69, 9.17) is 9.47 Å². The molecule has 3 aromatic carbocycles. The average molecular weight is 292 g/mol. The maximum absolute atomic E-state index is 11.8. The first-order valence-corrected chi connectivity index (χ1v) is 7.10. The summed E-state index contributed by atoms with van der Waals surface area (Å²) >= 11 is 0. The third-order valence-electron chi connectivity index (χ3n) is 3.33. The van der Waals surface area contributed by atoms with Crippen molar-refractivity contribution in [2.24, 2.45) is 0 Å². The molecule has 0 fully saturated rings. The molecule has 3 aromatic rings. The number of benzene rings is 3. The number of fused-ring (bicyclic) bond motifs is 1. The minimum atomic E-state index is -0.421. The van der Waals surface area contributed by atoms with Crippen LogP contribution in [0.2, 0.25) is 0 Å². The normalized spacial score (nSPS) is 10.4. The van der Waals surface area contributed by atoms with E-state index in [1.54, 1.807) is 6.07 Å². The first-order chi connectivity index (χ1) is 10.7. The number of aryl methyl sites for hydroxylation is 1. The lowest BCUT2D eigenvalue weighted by molar-refractivity contribution is -0.136. The number of ether oxygens (including phenoxy) is 2. The topological polar surface area (TPSA) is 35.5 Å². The summed E-state index contributed by atoms with van der Waals surface area (Å²) in [4.78, 5) is 11.8. The highest BCUT2D eigenvalue weighted by Gasteiger charge is 2.07. The lowest BCUT2D eigenvalue weighted by Gasteiger charge is -2.07. The van der Waals surface area contributed by atoms with Crippen molar-refractivity contribution in [2.75, 3.05) is 6.61 Å². The third-order valence-corrected chi connectivity index (χ3v) is 3.33. The van der Waals surface area contributed by atoms with Crippen LogP contribution in [0, 0.1) is 6.92 Å². The fourth-order valence-electron chi connectivity index (χ4n) is 2.17. The fourth-order valence-corrected chi connectivity index (χ4v) is 2.17. The highest BCUT2D eigenvalue weighted by molar-refractivity contribution is 5.84. The van der Waals surface area contributed by atoms with E-state index in [1.807, 2.05) is 67.6 Å². The molecule has 0 aliphatic heterocycles. The maximum atomic E-state index is 11.8. The molecule has 0 amide bonds. The molecule has 0 N–H and O–H groups in total. The second-order valence-electron chi connectivity index (χ2n) is 5.08.